The van der Waals surface area contributed by atoms with Crippen LogP contribution in [0.3, 0.4) is 0 Å². The van der Waals surface area contributed by atoms with Gasteiger partial charge in [-0.3, -0.25) is 4.72 Å². The van der Waals surface area contributed by atoms with Crippen molar-refractivity contribution in [3.63, 3.8) is 0 Å². The van der Waals surface area contributed by atoms with Crippen LogP contribution in [0.25, 0.3) is 10.2 Å². The van der Waals surface area contributed by atoms with Gasteiger partial charge in [0.05, 0.1) is 16.5 Å². The lowest BCUT2D eigenvalue weighted by Gasteiger charge is -2.07. The van der Waals surface area contributed by atoms with Crippen molar-refractivity contribution in [2.24, 2.45) is 0 Å². The second kappa shape index (κ2) is 6.77. The number of phenols is 1. The van der Waals surface area contributed by atoms with Crippen molar-refractivity contribution in [2.45, 2.75) is 27.3 Å². The topological polar surface area (TPSA) is 91.3 Å². The SMILES string of the molecule is Cc1c(O)c(C)c2sc(NCc3ccc(NS(C)(=O)=O)cc3)nc2c1C. The maximum atomic E-state index is 11.2. The summed E-state index contributed by atoms with van der Waals surface area (Å²) < 4.78 is 25.9. The molecule has 0 fully saturated rings. The van der Waals surface area contributed by atoms with Crippen molar-refractivity contribution in [1.29, 1.82) is 0 Å². The van der Waals surface area contributed by atoms with Crippen LogP contribution < -0.4 is 10.0 Å². The predicted molar refractivity (Wildman–Crippen MR) is 108 cm³/mol. The van der Waals surface area contributed by atoms with Crippen LogP contribution in [-0.2, 0) is 16.6 Å². The summed E-state index contributed by atoms with van der Waals surface area (Å²) in [4.78, 5) is 4.66. The Morgan fingerprint density at radius 2 is 1.73 bits per heavy atom. The summed E-state index contributed by atoms with van der Waals surface area (Å²) in [6.07, 6.45) is 1.12. The molecule has 0 unspecified atom stereocenters. The standard InChI is InChI=1S/C18H21N3O3S2/c1-10-11(2)16(22)12(3)17-15(10)20-18(25-17)19-9-13-5-7-14(8-6-13)21-26(4,23)24/h5-8,21-22H,9H2,1-4H3,(H,19,20). The monoisotopic (exact) mass is 391 g/mol. The third-order valence-corrected chi connectivity index (χ3v) is 6.04. The second-order valence-corrected chi connectivity index (χ2v) is 9.09. The molecule has 6 nitrogen and oxygen atoms in total. The fourth-order valence-corrected chi connectivity index (χ4v) is 4.31. The van der Waals surface area contributed by atoms with Crippen LogP contribution in [0, 0.1) is 20.8 Å². The Labute approximate surface area is 157 Å². The first-order chi connectivity index (χ1) is 12.2. The highest BCUT2D eigenvalue weighted by Crippen LogP contribution is 2.38. The highest BCUT2D eigenvalue weighted by atomic mass is 32.2. The molecule has 0 radical (unpaired) electrons. The molecule has 0 aliphatic carbocycles. The molecule has 0 bridgehead atoms. The van der Waals surface area contributed by atoms with Gasteiger partial charge in [0.15, 0.2) is 5.13 Å². The zero-order valence-corrected chi connectivity index (χ0v) is 16.7. The molecule has 2 aromatic carbocycles. The normalized spacial score (nSPS) is 11.7. The Balaban J connectivity index is 1.78. The number of sulfonamides is 1. The number of nitrogens with zero attached hydrogens (tertiary/aromatic N) is 1. The Kier molecular flexibility index (Phi) is 4.81. The number of aryl methyl sites for hydroxylation is 2. The molecular weight excluding hydrogens is 370 g/mol. The molecule has 8 heteroatoms. The van der Waals surface area contributed by atoms with E-state index < -0.39 is 10.0 Å². The average molecular weight is 392 g/mol. The largest absolute Gasteiger partial charge is 0.507 e. The number of rotatable bonds is 5. The number of aromatic hydroxyl groups is 1. The minimum atomic E-state index is -3.27. The lowest BCUT2D eigenvalue weighted by molar-refractivity contribution is 0.467. The maximum absolute atomic E-state index is 11.2. The van der Waals surface area contributed by atoms with E-state index >= 15 is 0 Å². The number of phenolic OH excluding ortho intramolecular Hbond substituents is 1. The number of benzene rings is 2. The Hall–Kier alpha value is -2.32. The first kappa shape index (κ1) is 18.5. The van der Waals surface area contributed by atoms with Crippen molar-refractivity contribution in [2.75, 3.05) is 16.3 Å². The lowest BCUT2D eigenvalue weighted by atomic mass is 10.0. The molecule has 0 saturated carbocycles. The van der Waals surface area contributed by atoms with Crippen molar-refractivity contribution in [3.05, 3.63) is 46.5 Å². The number of anilines is 2. The number of thiazole rings is 1. The molecule has 0 spiro atoms. The minimum absolute atomic E-state index is 0.333. The molecule has 138 valence electrons. The smallest absolute Gasteiger partial charge is 0.229 e. The Morgan fingerprint density at radius 1 is 1.08 bits per heavy atom. The molecule has 0 atom stereocenters. The predicted octanol–water partition coefficient (Wildman–Crippen LogP) is 3.91. The molecule has 1 heterocycles. The average Bonchev–Trinajstić information content (AvgIpc) is 3.01. The van der Waals surface area contributed by atoms with Crippen molar-refractivity contribution in [1.82, 2.24) is 4.98 Å². The third kappa shape index (κ3) is 3.76. The van der Waals surface area contributed by atoms with Crippen LogP contribution in [0.5, 0.6) is 5.75 Å². The maximum Gasteiger partial charge on any atom is 0.229 e. The summed E-state index contributed by atoms with van der Waals surface area (Å²) in [6.45, 7) is 6.34. The van der Waals surface area contributed by atoms with Gasteiger partial charge in [0.2, 0.25) is 10.0 Å². The highest BCUT2D eigenvalue weighted by molar-refractivity contribution is 7.92. The van der Waals surface area contributed by atoms with Gasteiger partial charge < -0.3 is 10.4 Å². The van der Waals surface area contributed by atoms with Gasteiger partial charge in [-0.1, -0.05) is 23.5 Å². The molecule has 0 saturated heterocycles. The van der Waals surface area contributed by atoms with Gasteiger partial charge in [-0.25, -0.2) is 13.4 Å². The van der Waals surface area contributed by atoms with Gasteiger partial charge in [0.1, 0.15) is 5.75 Å². The molecule has 3 aromatic rings. The van der Waals surface area contributed by atoms with Crippen molar-refractivity contribution >= 4 is 42.4 Å². The lowest BCUT2D eigenvalue weighted by Crippen LogP contribution is -2.09. The van der Waals surface area contributed by atoms with Crippen molar-refractivity contribution < 1.29 is 13.5 Å². The molecule has 0 aliphatic rings. The molecular formula is C18H21N3O3S2. The van der Waals surface area contributed by atoms with Gasteiger partial charge >= 0.3 is 0 Å². The van der Waals surface area contributed by atoms with E-state index in [2.05, 4.69) is 15.0 Å². The van der Waals surface area contributed by atoms with Crippen molar-refractivity contribution in [3.8, 4) is 5.75 Å². The van der Waals surface area contributed by atoms with E-state index in [0.717, 1.165) is 43.9 Å². The number of fused-ring (bicyclic) bond motifs is 1. The number of hydrogen-bond donors (Lipinski definition) is 3. The van der Waals surface area contributed by atoms with E-state index in [4.69, 9.17) is 0 Å². The summed E-state index contributed by atoms with van der Waals surface area (Å²) in [5.74, 6) is 0.333. The van der Waals surface area contributed by atoms with E-state index in [1.807, 2.05) is 32.9 Å². The number of aromatic nitrogens is 1. The quantitative estimate of drug-likeness (QED) is 0.613. The van der Waals surface area contributed by atoms with Gasteiger partial charge in [-0.2, -0.15) is 0 Å². The number of nitrogens with one attached hydrogen (secondary N) is 2. The molecule has 3 N–H and O–H groups in total. The first-order valence-electron chi connectivity index (χ1n) is 8.05. The zero-order chi connectivity index (χ0) is 19.1. The van der Waals surface area contributed by atoms with Gasteiger partial charge in [-0.15, -0.1) is 0 Å². The summed E-state index contributed by atoms with van der Waals surface area (Å²) in [7, 11) is -3.27. The van der Waals surface area contributed by atoms with E-state index in [9.17, 15) is 13.5 Å². The molecule has 26 heavy (non-hydrogen) atoms. The van der Waals surface area contributed by atoms with E-state index in [0.29, 0.717) is 18.0 Å². The van der Waals surface area contributed by atoms with Gasteiger partial charge in [-0.05, 0) is 49.6 Å². The van der Waals surface area contributed by atoms with E-state index in [1.54, 1.807) is 12.1 Å². The Morgan fingerprint density at radius 3 is 2.35 bits per heavy atom. The van der Waals surface area contributed by atoms with Crippen LogP contribution in [0.1, 0.15) is 22.3 Å². The van der Waals surface area contributed by atoms with E-state index in [1.165, 1.54) is 11.3 Å². The summed E-state index contributed by atoms with van der Waals surface area (Å²) in [5.41, 5.74) is 5.16. The van der Waals surface area contributed by atoms with E-state index in [-0.39, 0.29) is 0 Å². The van der Waals surface area contributed by atoms with Crippen LogP contribution in [0.2, 0.25) is 0 Å². The van der Waals surface area contributed by atoms with Crippen LogP contribution in [0.15, 0.2) is 24.3 Å². The summed E-state index contributed by atoms with van der Waals surface area (Å²) in [5, 5.41) is 14.3. The fraction of sp³-hybridized carbons (Fsp3) is 0.278. The highest BCUT2D eigenvalue weighted by Gasteiger charge is 2.15. The molecule has 0 amide bonds. The van der Waals surface area contributed by atoms with Crippen LogP contribution in [-0.4, -0.2) is 24.8 Å². The van der Waals surface area contributed by atoms with Crippen LogP contribution >= 0.6 is 11.3 Å². The Bertz CT molecular complexity index is 1030. The summed E-state index contributed by atoms with van der Waals surface area (Å²) in [6, 6.07) is 7.18. The van der Waals surface area contributed by atoms with Crippen LogP contribution in [0.4, 0.5) is 10.8 Å². The third-order valence-electron chi connectivity index (χ3n) is 4.30. The second-order valence-electron chi connectivity index (χ2n) is 6.35. The molecule has 3 rings (SSSR count). The molecule has 0 aliphatic heterocycles. The fourth-order valence-electron chi connectivity index (χ4n) is 2.73. The minimum Gasteiger partial charge on any atom is -0.507 e. The van der Waals surface area contributed by atoms with Gasteiger partial charge in [0, 0.05) is 17.8 Å². The van der Waals surface area contributed by atoms with Gasteiger partial charge in [0.25, 0.3) is 0 Å². The number of hydrogen-bond acceptors (Lipinski definition) is 6. The zero-order valence-electron chi connectivity index (χ0n) is 15.0. The molecule has 1 aromatic heterocycles. The first-order valence-corrected chi connectivity index (χ1v) is 10.8. The summed E-state index contributed by atoms with van der Waals surface area (Å²) >= 11 is 1.52.